The molecule has 0 saturated heterocycles. The summed E-state index contributed by atoms with van der Waals surface area (Å²) in [7, 11) is 0. The van der Waals surface area contributed by atoms with E-state index in [0.29, 0.717) is 4.77 Å². The van der Waals surface area contributed by atoms with Crippen LogP contribution in [0.2, 0.25) is 0 Å². The molecule has 2 aromatic carbocycles. The Hall–Kier alpha value is -2.20. The summed E-state index contributed by atoms with van der Waals surface area (Å²) in [6, 6.07) is 17.9. The van der Waals surface area contributed by atoms with Crippen molar-refractivity contribution in [1.82, 2.24) is 9.66 Å². The monoisotopic (exact) mass is 253 g/mol. The first kappa shape index (κ1) is 10.9. The van der Waals surface area contributed by atoms with Gasteiger partial charge < -0.3 is 4.98 Å². The van der Waals surface area contributed by atoms with E-state index < -0.39 is 0 Å². The number of para-hydroxylation sites is 2. The van der Waals surface area contributed by atoms with Crippen molar-refractivity contribution in [3.05, 3.63) is 64.9 Å². The van der Waals surface area contributed by atoms with Crippen LogP contribution in [0.15, 0.2) is 59.7 Å². The van der Waals surface area contributed by atoms with E-state index in [1.165, 1.54) is 0 Å². The quantitative estimate of drug-likeness (QED) is 0.549. The van der Waals surface area contributed by atoms with Crippen molar-refractivity contribution in [3.8, 4) is 0 Å². The van der Waals surface area contributed by atoms with Gasteiger partial charge in [-0.05, 0) is 29.9 Å². The number of hydrogen-bond acceptors (Lipinski definition) is 2. The van der Waals surface area contributed by atoms with Crippen LogP contribution in [0.25, 0.3) is 11.0 Å². The summed E-state index contributed by atoms with van der Waals surface area (Å²) in [5.74, 6) is 0. The zero-order chi connectivity index (χ0) is 12.4. The van der Waals surface area contributed by atoms with Crippen LogP contribution in [-0.2, 0) is 0 Å². The maximum Gasteiger partial charge on any atom is 0.199 e. The summed E-state index contributed by atoms with van der Waals surface area (Å²) < 4.78 is 2.33. The van der Waals surface area contributed by atoms with Gasteiger partial charge in [-0.1, -0.05) is 42.5 Å². The van der Waals surface area contributed by atoms with Gasteiger partial charge in [0.15, 0.2) is 4.77 Å². The van der Waals surface area contributed by atoms with Crippen LogP contribution in [0.1, 0.15) is 5.56 Å². The molecule has 3 aromatic rings. The molecule has 1 heterocycles. The maximum atomic E-state index is 5.26. The molecule has 1 N–H and O–H groups in total. The lowest BCUT2D eigenvalue weighted by atomic mass is 10.2. The van der Waals surface area contributed by atoms with E-state index in [1.807, 2.05) is 54.6 Å². The number of hydrogen-bond donors (Lipinski definition) is 1. The highest BCUT2D eigenvalue weighted by Crippen LogP contribution is 2.13. The fourth-order valence-corrected chi connectivity index (χ4v) is 2.08. The number of aromatic amines is 1. The van der Waals surface area contributed by atoms with Gasteiger partial charge in [-0.2, -0.15) is 5.10 Å². The van der Waals surface area contributed by atoms with E-state index in [0.717, 1.165) is 16.6 Å². The van der Waals surface area contributed by atoms with Gasteiger partial charge >= 0.3 is 0 Å². The average Bonchev–Trinajstić information content (AvgIpc) is 2.73. The van der Waals surface area contributed by atoms with Gasteiger partial charge in [-0.25, -0.2) is 4.68 Å². The summed E-state index contributed by atoms with van der Waals surface area (Å²) in [5.41, 5.74) is 3.02. The summed E-state index contributed by atoms with van der Waals surface area (Å²) in [6.07, 6.45) is 1.80. The lowest BCUT2D eigenvalue weighted by Gasteiger charge is -1.95. The van der Waals surface area contributed by atoms with Crippen LogP contribution < -0.4 is 0 Å². The molecule has 0 atom stereocenters. The Kier molecular flexibility index (Phi) is 2.78. The highest BCUT2D eigenvalue weighted by atomic mass is 32.1. The van der Waals surface area contributed by atoms with Gasteiger partial charge in [0.05, 0.1) is 17.2 Å². The van der Waals surface area contributed by atoms with Crippen LogP contribution in [0.4, 0.5) is 0 Å². The number of H-pyrrole nitrogens is 1. The fourth-order valence-electron chi connectivity index (χ4n) is 1.82. The third kappa shape index (κ3) is 1.98. The first-order chi connectivity index (χ1) is 8.84. The molecule has 1 aromatic heterocycles. The largest absolute Gasteiger partial charge is 0.329 e. The van der Waals surface area contributed by atoms with Gasteiger partial charge in [-0.15, -0.1) is 0 Å². The Bertz CT molecular complexity index is 753. The summed E-state index contributed by atoms with van der Waals surface area (Å²) in [5, 5.41) is 4.42. The van der Waals surface area contributed by atoms with E-state index in [2.05, 4.69) is 10.1 Å². The SMILES string of the molecule is S=c1[nH]c2ccccc2n1/N=C\c1ccccc1. The molecule has 0 saturated carbocycles. The van der Waals surface area contributed by atoms with Crippen molar-refractivity contribution < 1.29 is 0 Å². The van der Waals surface area contributed by atoms with Gasteiger partial charge in [0, 0.05) is 0 Å². The fraction of sp³-hybridized carbons (Fsp3) is 0. The predicted molar refractivity (Wildman–Crippen MR) is 76.6 cm³/mol. The van der Waals surface area contributed by atoms with Crippen molar-refractivity contribution in [2.24, 2.45) is 5.10 Å². The molecule has 0 fully saturated rings. The second-order valence-electron chi connectivity index (χ2n) is 3.91. The Labute approximate surface area is 109 Å². The minimum absolute atomic E-state index is 0.600. The minimum atomic E-state index is 0.600. The Morgan fingerprint density at radius 3 is 2.56 bits per heavy atom. The third-order valence-electron chi connectivity index (χ3n) is 2.69. The number of imidazole rings is 1. The molecule has 0 bridgehead atoms. The van der Waals surface area contributed by atoms with E-state index in [1.54, 1.807) is 10.9 Å². The highest BCUT2D eigenvalue weighted by Gasteiger charge is 2.00. The van der Waals surface area contributed by atoms with Gasteiger partial charge in [-0.3, -0.25) is 0 Å². The number of rotatable bonds is 2. The molecule has 3 nitrogen and oxygen atoms in total. The Balaban J connectivity index is 2.08. The molecular weight excluding hydrogens is 242 g/mol. The predicted octanol–water partition coefficient (Wildman–Crippen LogP) is 3.58. The van der Waals surface area contributed by atoms with Crippen LogP contribution in [0.3, 0.4) is 0 Å². The topological polar surface area (TPSA) is 33.1 Å². The van der Waals surface area contributed by atoms with Crippen LogP contribution in [0, 0.1) is 4.77 Å². The molecule has 0 aliphatic carbocycles. The molecular formula is C14H11N3S. The average molecular weight is 253 g/mol. The van der Waals surface area contributed by atoms with Gasteiger partial charge in [0.1, 0.15) is 0 Å². The number of nitrogens with zero attached hydrogens (tertiary/aromatic N) is 2. The highest BCUT2D eigenvalue weighted by molar-refractivity contribution is 7.71. The van der Waals surface area contributed by atoms with E-state index in [-0.39, 0.29) is 0 Å². The smallest absolute Gasteiger partial charge is 0.199 e. The molecule has 0 unspecified atom stereocenters. The van der Waals surface area contributed by atoms with Crippen molar-refractivity contribution in [3.63, 3.8) is 0 Å². The maximum absolute atomic E-state index is 5.26. The molecule has 0 spiro atoms. The second-order valence-corrected chi connectivity index (χ2v) is 4.30. The molecule has 0 aliphatic heterocycles. The van der Waals surface area contributed by atoms with Crippen molar-refractivity contribution in [2.75, 3.05) is 0 Å². The first-order valence-corrected chi connectivity index (χ1v) is 6.04. The van der Waals surface area contributed by atoms with Crippen LogP contribution in [-0.4, -0.2) is 15.9 Å². The standard InChI is InChI=1S/C14H11N3S/c18-14-16-12-8-4-5-9-13(12)17(14)15-10-11-6-2-1-3-7-11/h1-10H,(H,16,18)/b15-10-. The molecule has 18 heavy (non-hydrogen) atoms. The second kappa shape index (κ2) is 4.58. The molecule has 88 valence electrons. The number of fused-ring (bicyclic) bond motifs is 1. The van der Waals surface area contributed by atoms with E-state index in [4.69, 9.17) is 12.2 Å². The van der Waals surface area contributed by atoms with E-state index in [9.17, 15) is 0 Å². The molecule has 0 radical (unpaired) electrons. The van der Waals surface area contributed by atoms with Gasteiger partial charge in [0.25, 0.3) is 0 Å². The normalized spacial score (nSPS) is 11.3. The first-order valence-electron chi connectivity index (χ1n) is 5.64. The molecule has 0 amide bonds. The van der Waals surface area contributed by atoms with E-state index >= 15 is 0 Å². The summed E-state index contributed by atoms with van der Waals surface area (Å²) >= 11 is 5.26. The van der Waals surface area contributed by atoms with Crippen molar-refractivity contribution in [1.29, 1.82) is 0 Å². The molecule has 3 rings (SSSR count). The molecule has 0 aliphatic rings. The number of benzene rings is 2. The Morgan fingerprint density at radius 1 is 1.00 bits per heavy atom. The van der Waals surface area contributed by atoms with Gasteiger partial charge in [0.2, 0.25) is 0 Å². The Morgan fingerprint density at radius 2 is 1.72 bits per heavy atom. The van der Waals surface area contributed by atoms with Crippen LogP contribution in [0.5, 0.6) is 0 Å². The summed E-state index contributed by atoms with van der Waals surface area (Å²) in [6.45, 7) is 0. The zero-order valence-electron chi connectivity index (χ0n) is 9.58. The number of aromatic nitrogens is 2. The lowest BCUT2D eigenvalue weighted by molar-refractivity contribution is 0.895. The minimum Gasteiger partial charge on any atom is -0.329 e. The van der Waals surface area contributed by atoms with Crippen molar-refractivity contribution in [2.45, 2.75) is 0 Å². The van der Waals surface area contributed by atoms with Crippen molar-refractivity contribution >= 4 is 29.5 Å². The number of nitrogens with one attached hydrogen (secondary N) is 1. The lowest BCUT2D eigenvalue weighted by Crippen LogP contribution is -1.90. The molecule has 4 heteroatoms. The van der Waals surface area contributed by atoms with Crippen LogP contribution >= 0.6 is 12.2 Å². The summed E-state index contributed by atoms with van der Waals surface area (Å²) in [4.78, 5) is 3.13. The third-order valence-corrected chi connectivity index (χ3v) is 2.96. The zero-order valence-corrected chi connectivity index (χ0v) is 10.4.